The van der Waals surface area contributed by atoms with E-state index in [0.717, 1.165) is 0 Å². The number of rotatable bonds is 1. The average molecular weight is 289 g/mol. The second-order valence-corrected chi connectivity index (χ2v) is 4.76. The molecule has 6 nitrogen and oxygen atoms in total. The van der Waals surface area contributed by atoms with Crippen molar-refractivity contribution in [2.24, 2.45) is 0 Å². The minimum absolute atomic E-state index is 0.0204. The third-order valence-electron chi connectivity index (χ3n) is 3.33. The number of benzene rings is 1. The SMILES string of the molecule is [2H]Cc1nc2c([2H])ccc(N)c2c(=O)n1C1([2H])C(=O)CC(=O)CC1[2H]. The Hall–Kier alpha value is -2.50. The molecule has 1 fully saturated rings. The first kappa shape index (κ1) is 9.44. The summed E-state index contributed by atoms with van der Waals surface area (Å²) in [6.45, 7) is -0.534. The summed E-state index contributed by atoms with van der Waals surface area (Å²) >= 11 is 0. The molecule has 0 radical (unpaired) electrons. The molecule has 1 saturated carbocycles. The van der Waals surface area contributed by atoms with Crippen LogP contribution in [0.4, 0.5) is 5.69 Å². The maximum Gasteiger partial charge on any atom is 0.264 e. The molecule has 1 aromatic carbocycles. The number of Topliss-reactive ketones (excluding diaryl/α,β-unsaturated/α-hetero) is 2. The zero-order valence-corrected chi connectivity index (χ0v) is 11.0. The van der Waals surface area contributed by atoms with Gasteiger partial charge in [0.15, 0.2) is 5.78 Å². The van der Waals surface area contributed by atoms with Gasteiger partial charge in [-0.15, -0.1) is 0 Å². The minimum Gasteiger partial charge on any atom is -0.398 e. The first-order valence-electron chi connectivity index (χ1n) is 8.58. The fourth-order valence-corrected chi connectivity index (χ4v) is 2.35. The summed E-state index contributed by atoms with van der Waals surface area (Å²) in [4.78, 5) is 41.0. The van der Waals surface area contributed by atoms with Crippen LogP contribution < -0.4 is 11.3 Å². The van der Waals surface area contributed by atoms with Crippen molar-refractivity contribution in [3.8, 4) is 0 Å². The van der Waals surface area contributed by atoms with Gasteiger partial charge in [0.1, 0.15) is 11.6 Å². The first-order chi connectivity index (χ1) is 11.7. The Morgan fingerprint density at radius 1 is 1.57 bits per heavy atom. The van der Waals surface area contributed by atoms with Crippen LogP contribution in [0.3, 0.4) is 0 Å². The predicted molar refractivity (Wildman–Crippen MR) is 78.1 cm³/mol. The molecule has 6 heteroatoms. The Bertz CT molecular complexity index is 975. The third-order valence-corrected chi connectivity index (χ3v) is 3.33. The summed E-state index contributed by atoms with van der Waals surface area (Å²) < 4.78 is 32.8. The average Bonchev–Trinajstić information content (AvgIpc) is 2.55. The Kier molecular flexibility index (Phi) is 2.16. The van der Waals surface area contributed by atoms with Gasteiger partial charge in [0, 0.05) is 14.8 Å². The molecule has 1 aromatic heterocycles. The molecule has 1 aliphatic rings. The van der Waals surface area contributed by atoms with Crippen LogP contribution in [0.25, 0.3) is 10.9 Å². The van der Waals surface area contributed by atoms with E-state index in [0.29, 0.717) is 4.57 Å². The van der Waals surface area contributed by atoms with Crippen molar-refractivity contribution in [2.75, 3.05) is 5.73 Å². The van der Waals surface area contributed by atoms with Gasteiger partial charge in [0.05, 0.1) is 26.1 Å². The molecule has 1 aliphatic carbocycles. The normalized spacial score (nSPS) is 28.9. The Labute approximate surface area is 126 Å². The van der Waals surface area contributed by atoms with Crippen LogP contribution in [0.15, 0.2) is 23.0 Å². The molecule has 1 heterocycles. The fourth-order valence-electron chi connectivity index (χ4n) is 2.35. The zero-order valence-electron chi connectivity index (χ0n) is 15.0. The lowest BCUT2D eigenvalue weighted by atomic mass is 9.92. The molecule has 2 N–H and O–H groups in total. The van der Waals surface area contributed by atoms with E-state index < -0.39 is 42.9 Å². The maximum atomic E-state index is 13.0. The second-order valence-electron chi connectivity index (χ2n) is 4.76. The predicted octanol–water partition coefficient (Wildman–Crippen LogP) is 1.15. The Morgan fingerprint density at radius 3 is 3.10 bits per heavy atom. The van der Waals surface area contributed by atoms with Gasteiger partial charge in [-0.2, -0.15) is 0 Å². The molecule has 0 spiro atoms. The zero-order chi connectivity index (χ0) is 18.5. The highest BCUT2D eigenvalue weighted by Gasteiger charge is 2.30. The number of nitrogen functional groups attached to an aromatic ring is 1. The van der Waals surface area contributed by atoms with Crippen molar-refractivity contribution in [1.82, 2.24) is 9.55 Å². The van der Waals surface area contributed by atoms with Gasteiger partial charge in [0.2, 0.25) is 0 Å². The van der Waals surface area contributed by atoms with E-state index in [9.17, 15) is 14.4 Å². The van der Waals surface area contributed by atoms with Crippen molar-refractivity contribution in [3.05, 3.63) is 34.4 Å². The molecular formula is C15H15N3O3. The van der Waals surface area contributed by atoms with Crippen LogP contribution in [0.1, 0.15) is 36.6 Å². The summed E-state index contributed by atoms with van der Waals surface area (Å²) in [6.07, 6.45) is -2.39. The van der Waals surface area contributed by atoms with E-state index in [1.165, 1.54) is 12.1 Å². The van der Waals surface area contributed by atoms with E-state index in [1.807, 2.05) is 0 Å². The number of aromatic nitrogens is 2. The Balaban J connectivity index is 2.42. The number of nitrogens with zero attached hydrogens (tertiary/aromatic N) is 2. The summed E-state index contributed by atoms with van der Waals surface area (Å²) in [5.74, 6) is -1.57. The van der Waals surface area contributed by atoms with E-state index in [-0.39, 0.29) is 34.9 Å². The number of carbonyl (C=O) groups is 2. The molecule has 2 atom stereocenters. The van der Waals surface area contributed by atoms with Crippen LogP contribution >= 0.6 is 0 Å². The standard InChI is InChI=1S/C15H15N3O3/c1-8-17-11-4-2-3-10(16)14(11)15(21)18(8)12-6-5-9(19)7-13(12)20/h2-4,12H,5-7,16H2,1H3/i1D,4D,6D,12D. The number of carbonyl (C=O) groups excluding carboxylic acids is 2. The Morgan fingerprint density at radius 2 is 2.38 bits per heavy atom. The van der Waals surface area contributed by atoms with Crippen LogP contribution in [-0.2, 0) is 9.59 Å². The van der Waals surface area contributed by atoms with Crippen molar-refractivity contribution < 1.29 is 15.1 Å². The lowest BCUT2D eigenvalue weighted by Gasteiger charge is -2.24. The lowest BCUT2D eigenvalue weighted by Crippen LogP contribution is -2.36. The fraction of sp³-hybridized carbons (Fsp3) is 0.333. The van der Waals surface area contributed by atoms with Crippen LogP contribution in [-0.4, -0.2) is 21.1 Å². The smallest absolute Gasteiger partial charge is 0.264 e. The van der Waals surface area contributed by atoms with Gasteiger partial charge in [-0.05, 0) is 25.4 Å². The van der Waals surface area contributed by atoms with E-state index in [1.54, 1.807) is 0 Å². The number of fused-ring (bicyclic) bond motifs is 1. The summed E-state index contributed by atoms with van der Waals surface area (Å²) in [7, 11) is 0. The quantitative estimate of drug-likeness (QED) is 0.627. The number of anilines is 1. The van der Waals surface area contributed by atoms with Crippen molar-refractivity contribution in [1.29, 1.82) is 0 Å². The monoisotopic (exact) mass is 289 g/mol. The number of ketones is 2. The van der Waals surface area contributed by atoms with Crippen molar-refractivity contribution >= 4 is 28.2 Å². The van der Waals surface area contributed by atoms with Gasteiger partial charge >= 0.3 is 0 Å². The molecule has 0 saturated heterocycles. The number of hydrogen-bond donors (Lipinski definition) is 1. The topological polar surface area (TPSA) is 95.0 Å². The van der Waals surface area contributed by atoms with Gasteiger partial charge in [-0.25, -0.2) is 4.98 Å². The van der Waals surface area contributed by atoms with Crippen LogP contribution in [0.2, 0.25) is 0 Å². The molecule has 3 rings (SSSR count). The number of aryl methyl sites for hydroxylation is 1. The van der Waals surface area contributed by atoms with Crippen LogP contribution in [0.5, 0.6) is 0 Å². The lowest BCUT2D eigenvalue weighted by molar-refractivity contribution is -0.132. The summed E-state index contributed by atoms with van der Waals surface area (Å²) in [6, 6.07) is 0.276. The van der Waals surface area contributed by atoms with Crippen molar-refractivity contribution in [3.63, 3.8) is 0 Å². The maximum absolute atomic E-state index is 13.0. The first-order valence-corrected chi connectivity index (χ1v) is 6.29. The van der Waals surface area contributed by atoms with E-state index >= 15 is 0 Å². The highest BCUT2D eigenvalue weighted by Crippen LogP contribution is 2.24. The molecule has 2 unspecified atom stereocenters. The van der Waals surface area contributed by atoms with Crippen LogP contribution in [0, 0.1) is 6.90 Å². The minimum atomic E-state index is -2.35. The molecule has 2 aromatic rings. The van der Waals surface area contributed by atoms with Gasteiger partial charge in [0.25, 0.3) is 5.56 Å². The highest BCUT2D eigenvalue weighted by molar-refractivity contribution is 6.03. The van der Waals surface area contributed by atoms with Gasteiger partial charge in [-0.3, -0.25) is 19.0 Å². The molecule has 108 valence electrons. The summed E-state index contributed by atoms with van der Waals surface area (Å²) in [5, 5.41) is -0.131. The number of nitrogens with two attached hydrogens (primary N) is 1. The molecule has 21 heavy (non-hydrogen) atoms. The highest BCUT2D eigenvalue weighted by atomic mass is 16.2. The van der Waals surface area contributed by atoms with Gasteiger partial charge < -0.3 is 5.73 Å². The van der Waals surface area contributed by atoms with E-state index in [2.05, 4.69) is 4.98 Å². The summed E-state index contributed by atoms with van der Waals surface area (Å²) in [5.41, 5.74) is 4.97. The third kappa shape index (κ3) is 2.12. The molecular weight excluding hydrogens is 270 g/mol. The second kappa shape index (κ2) is 4.80. The van der Waals surface area contributed by atoms with Crippen molar-refractivity contribution in [2.45, 2.75) is 32.2 Å². The molecule has 0 bridgehead atoms. The van der Waals surface area contributed by atoms with Gasteiger partial charge in [-0.1, -0.05) is 6.07 Å². The number of hydrogen-bond acceptors (Lipinski definition) is 5. The molecule has 0 aliphatic heterocycles. The molecule has 0 amide bonds. The van der Waals surface area contributed by atoms with E-state index in [4.69, 9.17) is 11.2 Å². The largest absolute Gasteiger partial charge is 0.398 e.